The van der Waals surface area contributed by atoms with Crippen LogP contribution in [0.1, 0.15) is 52.9 Å². The van der Waals surface area contributed by atoms with Crippen LogP contribution in [-0.4, -0.2) is 11.6 Å². The normalized spacial score (nSPS) is 58.9. The fourth-order valence-electron chi connectivity index (χ4n) is 5.35. The van der Waals surface area contributed by atoms with Gasteiger partial charge in [0.2, 0.25) is 0 Å². The van der Waals surface area contributed by atoms with Gasteiger partial charge in [0.15, 0.2) is 0 Å². The van der Waals surface area contributed by atoms with Gasteiger partial charge in [-0.05, 0) is 55.3 Å². The van der Waals surface area contributed by atoms with Crippen LogP contribution in [0, 0.1) is 28.6 Å². The predicted molar refractivity (Wildman–Crippen MR) is 64.3 cm³/mol. The van der Waals surface area contributed by atoms with E-state index < -0.39 is 0 Å². The molecule has 2 heterocycles. The standard InChI is InChI=1S/C15H22O2/c1-9(2)15-5-4-14(12(16)17-15)7-10-6-13(10,3)11(14)8-15/h9-11H,4-8H2,1-3H3/t10-,11+,13-,14-,15-/m1/s1. The quantitative estimate of drug-likeness (QED) is 0.651. The van der Waals surface area contributed by atoms with E-state index in [1.54, 1.807) is 0 Å². The van der Waals surface area contributed by atoms with Crippen molar-refractivity contribution in [3.63, 3.8) is 0 Å². The van der Waals surface area contributed by atoms with Gasteiger partial charge in [-0.15, -0.1) is 0 Å². The van der Waals surface area contributed by atoms with E-state index >= 15 is 0 Å². The Morgan fingerprint density at radius 2 is 2.00 bits per heavy atom. The number of rotatable bonds is 1. The van der Waals surface area contributed by atoms with E-state index in [0.29, 0.717) is 17.3 Å². The predicted octanol–water partition coefficient (Wildman–Crippen LogP) is 3.15. The molecule has 0 aromatic rings. The third kappa shape index (κ3) is 0.946. The van der Waals surface area contributed by atoms with Crippen molar-refractivity contribution < 1.29 is 9.53 Å². The molecule has 5 atom stereocenters. The minimum Gasteiger partial charge on any atom is -0.458 e. The van der Waals surface area contributed by atoms with E-state index in [9.17, 15) is 4.79 Å². The summed E-state index contributed by atoms with van der Waals surface area (Å²) in [5.74, 6) is 2.06. The van der Waals surface area contributed by atoms with Gasteiger partial charge in [0.25, 0.3) is 0 Å². The molecule has 17 heavy (non-hydrogen) atoms. The number of carbonyl (C=O) groups is 1. The summed E-state index contributed by atoms with van der Waals surface area (Å²) in [6, 6.07) is 0. The monoisotopic (exact) mass is 234 g/mol. The average Bonchev–Trinajstić information content (AvgIpc) is 2.84. The molecule has 5 aliphatic rings. The number of hydrogen-bond acceptors (Lipinski definition) is 2. The van der Waals surface area contributed by atoms with Crippen LogP contribution in [0.5, 0.6) is 0 Å². The zero-order chi connectivity index (χ0) is 12.1. The Labute approximate surface area is 103 Å². The highest BCUT2D eigenvalue weighted by atomic mass is 16.6. The third-order valence-electron chi connectivity index (χ3n) is 6.83. The van der Waals surface area contributed by atoms with Crippen molar-refractivity contribution in [2.75, 3.05) is 0 Å². The zero-order valence-electron chi connectivity index (χ0n) is 11.1. The molecule has 2 bridgehead atoms. The molecule has 0 aromatic heterocycles. The van der Waals surface area contributed by atoms with Gasteiger partial charge in [0.1, 0.15) is 5.60 Å². The molecule has 2 saturated heterocycles. The van der Waals surface area contributed by atoms with E-state index in [-0.39, 0.29) is 17.0 Å². The molecule has 3 saturated carbocycles. The Morgan fingerprint density at radius 1 is 1.24 bits per heavy atom. The summed E-state index contributed by atoms with van der Waals surface area (Å²) in [6.45, 7) is 6.85. The Morgan fingerprint density at radius 3 is 2.65 bits per heavy atom. The largest absolute Gasteiger partial charge is 0.458 e. The Hall–Kier alpha value is -0.530. The van der Waals surface area contributed by atoms with Gasteiger partial charge in [0.05, 0.1) is 5.41 Å². The highest BCUT2D eigenvalue weighted by Gasteiger charge is 2.76. The second-order valence-corrected chi connectivity index (χ2v) is 7.63. The molecule has 2 aliphatic heterocycles. The zero-order valence-corrected chi connectivity index (χ0v) is 11.1. The lowest BCUT2D eigenvalue weighted by atomic mass is 9.55. The minimum absolute atomic E-state index is 0.0612. The second-order valence-electron chi connectivity index (χ2n) is 7.63. The minimum atomic E-state index is -0.121. The Bertz CT molecular complexity index is 415. The van der Waals surface area contributed by atoms with Crippen molar-refractivity contribution in [2.24, 2.45) is 28.6 Å². The first-order valence-electron chi connectivity index (χ1n) is 7.16. The summed E-state index contributed by atoms with van der Waals surface area (Å²) in [7, 11) is 0. The first-order valence-corrected chi connectivity index (χ1v) is 7.16. The van der Waals surface area contributed by atoms with Gasteiger partial charge in [-0.3, -0.25) is 4.79 Å². The van der Waals surface area contributed by atoms with Crippen molar-refractivity contribution >= 4 is 5.97 Å². The highest BCUT2D eigenvalue weighted by Crippen LogP contribution is 2.78. The SMILES string of the molecule is CC(C)[C@@]12CC[C@]3(C[C@H]4C[C@@]4(C)[C@@H]3C1)C(=O)O2. The van der Waals surface area contributed by atoms with Gasteiger partial charge < -0.3 is 4.74 Å². The van der Waals surface area contributed by atoms with Crippen LogP contribution in [0.3, 0.4) is 0 Å². The number of hydrogen-bond donors (Lipinski definition) is 0. The first kappa shape index (κ1) is 10.4. The molecule has 2 heteroatoms. The maximum Gasteiger partial charge on any atom is 0.312 e. The highest BCUT2D eigenvalue weighted by molar-refractivity contribution is 5.81. The molecule has 0 amide bonds. The molecule has 3 aliphatic carbocycles. The Balaban J connectivity index is 1.80. The topological polar surface area (TPSA) is 26.3 Å². The van der Waals surface area contributed by atoms with Gasteiger partial charge in [-0.2, -0.15) is 0 Å². The van der Waals surface area contributed by atoms with Crippen molar-refractivity contribution in [3.05, 3.63) is 0 Å². The fourth-order valence-corrected chi connectivity index (χ4v) is 5.35. The van der Waals surface area contributed by atoms with Gasteiger partial charge in [-0.25, -0.2) is 0 Å². The first-order chi connectivity index (χ1) is 7.93. The Kier molecular flexibility index (Phi) is 1.57. The number of ether oxygens (including phenoxy) is 1. The van der Waals surface area contributed by atoms with Crippen LogP contribution in [0.25, 0.3) is 0 Å². The molecular formula is C15H22O2. The van der Waals surface area contributed by atoms with Crippen LogP contribution in [0.15, 0.2) is 0 Å². The van der Waals surface area contributed by atoms with Crippen LogP contribution < -0.4 is 0 Å². The van der Waals surface area contributed by atoms with E-state index in [2.05, 4.69) is 20.8 Å². The molecule has 0 aromatic carbocycles. The summed E-state index contributed by atoms with van der Waals surface area (Å²) in [4.78, 5) is 12.5. The van der Waals surface area contributed by atoms with E-state index in [1.165, 1.54) is 6.42 Å². The lowest BCUT2D eigenvalue weighted by Crippen LogP contribution is -2.61. The van der Waals surface area contributed by atoms with Crippen molar-refractivity contribution in [1.82, 2.24) is 0 Å². The van der Waals surface area contributed by atoms with Gasteiger partial charge >= 0.3 is 5.97 Å². The van der Waals surface area contributed by atoms with Crippen molar-refractivity contribution in [3.8, 4) is 0 Å². The fraction of sp³-hybridized carbons (Fsp3) is 0.933. The summed E-state index contributed by atoms with van der Waals surface area (Å²) < 4.78 is 5.91. The van der Waals surface area contributed by atoms with Crippen LogP contribution in [-0.2, 0) is 9.53 Å². The van der Waals surface area contributed by atoms with E-state index in [1.807, 2.05) is 0 Å². The smallest absolute Gasteiger partial charge is 0.312 e. The molecule has 5 rings (SSSR count). The molecular weight excluding hydrogens is 212 g/mol. The maximum absolute atomic E-state index is 12.5. The number of fused-ring (bicyclic) bond motifs is 3. The molecule has 94 valence electrons. The second kappa shape index (κ2) is 2.57. The lowest BCUT2D eigenvalue weighted by Gasteiger charge is -2.57. The lowest BCUT2D eigenvalue weighted by molar-refractivity contribution is -0.227. The molecule has 0 N–H and O–H groups in total. The molecule has 5 fully saturated rings. The van der Waals surface area contributed by atoms with Crippen LogP contribution >= 0.6 is 0 Å². The molecule has 0 unspecified atom stereocenters. The summed E-state index contributed by atoms with van der Waals surface area (Å²) >= 11 is 0. The average molecular weight is 234 g/mol. The summed E-state index contributed by atoms with van der Waals surface area (Å²) in [5, 5.41) is 0. The maximum atomic E-state index is 12.5. The number of carbonyl (C=O) groups excluding carboxylic acids is 1. The van der Waals surface area contributed by atoms with Gasteiger partial charge in [-0.1, -0.05) is 20.8 Å². The van der Waals surface area contributed by atoms with Crippen molar-refractivity contribution in [1.29, 1.82) is 0 Å². The third-order valence-corrected chi connectivity index (χ3v) is 6.83. The van der Waals surface area contributed by atoms with E-state index in [0.717, 1.165) is 31.6 Å². The van der Waals surface area contributed by atoms with Gasteiger partial charge in [0, 0.05) is 0 Å². The van der Waals surface area contributed by atoms with Crippen LogP contribution in [0.4, 0.5) is 0 Å². The number of esters is 1. The summed E-state index contributed by atoms with van der Waals surface area (Å²) in [5.41, 5.74) is 0.304. The van der Waals surface area contributed by atoms with Crippen LogP contribution in [0.2, 0.25) is 0 Å². The van der Waals surface area contributed by atoms with E-state index in [4.69, 9.17) is 4.74 Å². The molecule has 0 radical (unpaired) electrons. The van der Waals surface area contributed by atoms with Crippen molar-refractivity contribution in [2.45, 2.75) is 58.5 Å². The molecule has 1 spiro atoms. The molecule has 2 nitrogen and oxygen atoms in total. The summed E-state index contributed by atoms with van der Waals surface area (Å²) in [6.07, 6.45) is 5.84.